The normalized spacial score (nSPS) is 11.9. The second kappa shape index (κ2) is 16.0. The second-order valence-electron chi connectivity index (χ2n) is 17.3. The molecule has 0 aliphatic rings. The second-order valence-corrected chi connectivity index (χ2v) is 22.3. The molecule has 0 aliphatic heterocycles. The Hall–Kier alpha value is -5.13. The van der Waals surface area contributed by atoms with Crippen molar-refractivity contribution in [2.24, 2.45) is 5.92 Å². The van der Waals surface area contributed by atoms with Crippen LogP contribution in [0, 0.1) is 18.1 Å². The van der Waals surface area contributed by atoms with Crippen LogP contribution < -0.4 is 5.19 Å². The number of nitrogens with zero attached hydrogens (tertiary/aromatic N) is 3. The smallest absolute Gasteiger partial charge is 0.120 e. The Labute approximate surface area is 351 Å². The summed E-state index contributed by atoms with van der Waals surface area (Å²) >= 11 is 0. The SMILES string of the molecule is CC(C)(C)c1ccc(-n2c(-c3[c-]cc4oc5ccccc5c4c3)nc3c4ccccc4ccc32)cc1.CC(C)Cc1cc(-c2[c-]cccc2)ncc1[Si](C)(C)C.[Ir]. The number of para-hydroxylation sites is 1. The molecule has 4 nitrogen and oxygen atoms in total. The Morgan fingerprint density at radius 2 is 1.46 bits per heavy atom. The van der Waals surface area contributed by atoms with Crippen molar-refractivity contribution < 1.29 is 24.5 Å². The van der Waals surface area contributed by atoms with Crippen LogP contribution in [0.15, 0.2) is 138 Å². The third kappa shape index (κ3) is 8.18. The van der Waals surface area contributed by atoms with E-state index in [1.165, 1.54) is 21.7 Å². The van der Waals surface area contributed by atoms with Crippen LogP contribution in [0.25, 0.3) is 72.1 Å². The van der Waals surface area contributed by atoms with Crippen molar-refractivity contribution in [3.8, 4) is 28.3 Å². The summed E-state index contributed by atoms with van der Waals surface area (Å²) in [7, 11) is -1.34. The summed E-state index contributed by atoms with van der Waals surface area (Å²) in [5.41, 5.74) is 10.8. The van der Waals surface area contributed by atoms with Gasteiger partial charge < -0.3 is 14.0 Å². The molecular weight excluding hydrogens is 891 g/mol. The maximum Gasteiger partial charge on any atom is 0.120 e. The van der Waals surface area contributed by atoms with Crippen molar-refractivity contribution in [3.63, 3.8) is 0 Å². The third-order valence-corrected chi connectivity index (χ3v) is 12.6. The van der Waals surface area contributed by atoms with Gasteiger partial charge in [-0.25, -0.2) is 0 Å². The Kier molecular flexibility index (Phi) is 11.3. The molecule has 0 saturated carbocycles. The largest absolute Gasteiger partial charge is 0.500 e. The minimum Gasteiger partial charge on any atom is -0.500 e. The van der Waals surface area contributed by atoms with Crippen molar-refractivity contribution in [1.29, 1.82) is 0 Å². The van der Waals surface area contributed by atoms with Gasteiger partial charge in [-0.15, -0.1) is 59.7 Å². The first-order valence-corrected chi connectivity index (χ1v) is 23.2. The summed E-state index contributed by atoms with van der Waals surface area (Å²) in [6.07, 6.45) is 3.24. The Bertz CT molecular complexity index is 2820. The number of imidazole rings is 1. The molecule has 0 fully saturated rings. The van der Waals surface area contributed by atoms with Gasteiger partial charge in [0, 0.05) is 42.8 Å². The van der Waals surface area contributed by atoms with E-state index in [-0.39, 0.29) is 25.5 Å². The van der Waals surface area contributed by atoms with Gasteiger partial charge in [0.1, 0.15) is 5.58 Å². The molecule has 0 saturated heterocycles. The number of hydrogen-bond acceptors (Lipinski definition) is 3. The fourth-order valence-electron chi connectivity index (χ4n) is 7.64. The van der Waals surface area contributed by atoms with E-state index in [0.29, 0.717) is 5.92 Å². The van der Waals surface area contributed by atoms with Gasteiger partial charge in [-0.3, -0.25) is 4.98 Å². The van der Waals surface area contributed by atoms with E-state index in [2.05, 4.69) is 167 Å². The molecule has 0 bridgehead atoms. The van der Waals surface area contributed by atoms with Gasteiger partial charge in [-0.2, -0.15) is 0 Å². The van der Waals surface area contributed by atoms with Crippen LogP contribution in [0.1, 0.15) is 45.7 Å². The third-order valence-electron chi connectivity index (χ3n) is 10.5. The molecule has 0 unspecified atom stereocenters. The van der Waals surface area contributed by atoms with Crippen molar-refractivity contribution >= 4 is 57.0 Å². The summed E-state index contributed by atoms with van der Waals surface area (Å²) in [6, 6.07) is 51.0. The van der Waals surface area contributed by atoms with E-state index in [1.807, 2.05) is 42.5 Å². The van der Waals surface area contributed by atoms with Gasteiger partial charge in [0.2, 0.25) is 0 Å². The van der Waals surface area contributed by atoms with E-state index < -0.39 is 8.07 Å². The minimum absolute atomic E-state index is 0. The van der Waals surface area contributed by atoms with Crippen molar-refractivity contribution in [2.75, 3.05) is 0 Å². The summed E-state index contributed by atoms with van der Waals surface area (Å²) in [5.74, 6) is 1.54. The first-order chi connectivity index (χ1) is 26.8. The Balaban J connectivity index is 0.000000202. The van der Waals surface area contributed by atoms with Crippen LogP contribution in [-0.4, -0.2) is 22.6 Å². The number of aromatic nitrogens is 3. The molecule has 9 aromatic rings. The molecule has 0 amide bonds. The average molecular weight is 940 g/mol. The summed E-state index contributed by atoms with van der Waals surface area (Å²) in [6.45, 7) is 18.5. The standard InChI is InChI=1S/C33H25N2O.C18H24NSi.Ir/c1-33(2,3)23-14-16-24(17-15-23)35-28-18-12-21-8-4-5-9-25(21)31(28)34-32(35)22-13-19-30-27(20-22)26-10-6-7-11-29(26)36-30;1-14(2)11-16-12-17(15-9-7-6-8-10-15)19-13-18(16)20(3,4)5;/h4-12,14-20H,1-3H3;6-9,12-14H,11H2,1-5H3;/q2*-1;. The molecule has 0 aliphatic carbocycles. The number of pyridine rings is 1. The van der Waals surface area contributed by atoms with Crippen LogP contribution in [0.2, 0.25) is 19.6 Å². The summed E-state index contributed by atoms with van der Waals surface area (Å²) in [4.78, 5) is 9.92. The van der Waals surface area contributed by atoms with E-state index in [9.17, 15) is 0 Å². The van der Waals surface area contributed by atoms with Crippen LogP contribution in [0.4, 0.5) is 0 Å². The first kappa shape index (κ1) is 40.1. The Morgan fingerprint density at radius 3 is 2.16 bits per heavy atom. The predicted octanol–water partition coefficient (Wildman–Crippen LogP) is 13.1. The number of benzene rings is 6. The number of rotatable bonds is 6. The molecule has 6 aromatic carbocycles. The van der Waals surface area contributed by atoms with E-state index >= 15 is 0 Å². The number of furan rings is 1. The topological polar surface area (TPSA) is 43.9 Å². The summed E-state index contributed by atoms with van der Waals surface area (Å²) < 4.78 is 8.32. The molecule has 0 N–H and O–H groups in total. The van der Waals surface area contributed by atoms with E-state index in [4.69, 9.17) is 9.40 Å². The van der Waals surface area contributed by atoms with Crippen molar-refractivity contribution in [2.45, 2.75) is 66.1 Å². The zero-order valence-electron chi connectivity index (χ0n) is 34.1. The number of fused-ring (bicyclic) bond motifs is 6. The molecule has 9 rings (SSSR count). The first-order valence-electron chi connectivity index (χ1n) is 19.7. The molecule has 0 atom stereocenters. The predicted molar refractivity (Wildman–Crippen MR) is 239 cm³/mol. The fourth-order valence-corrected chi connectivity index (χ4v) is 9.23. The maximum absolute atomic E-state index is 6.06. The van der Waals surface area contributed by atoms with Gasteiger partial charge in [0.25, 0.3) is 0 Å². The molecule has 3 heterocycles. The molecular formula is C51H49IrN3OSi-2. The van der Waals surface area contributed by atoms with Crippen LogP contribution in [0.3, 0.4) is 0 Å². The average Bonchev–Trinajstić information content (AvgIpc) is 3.76. The van der Waals surface area contributed by atoms with Crippen LogP contribution in [0.5, 0.6) is 0 Å². The van der Waals surface area contributed by atoms with Crippen LogP contribution >= 0.6 is 0 Å². The van der Waals surface area contributed by atoms with E-state index in [0.717, 1.165) is 73.1 Å². The molecule has 6 heteroatoms. The molecule has 0 spiro atoms. The Morgan fingerprint density at radius 1 is 0.737 bits per heavy atom. The van der Waals surface area contributed by atoms with Crippen molar-refractivity contribution in [3.05, 3.63) is 157 Å². The van der Waals surface area contributed by atoms with Gasteiger partial charge in [0.05, 0.1) is 30.5 Å². The number of hydrogen-bond donors (Lipinski definition) is 0. The monoisotopic (exact) mass is 940 g/mol. The van der Waals surface area contributed by atoms with Crippen molar-refractivity contribution in [1.82, 2.24) is 14.5 Å². The molecule has 57 heavy (non-hydrogen) atoms. The van der Waals surface area contributed by atoms with Crippen LogP contribution in [-0.2, 0) is 31.9 Å². The van der Waals surface area contributed by atoms with E-state index in [1.54, 1.807) is 0 Å². The van der Waals surface area contributed by atoms with Gasteiger partial charge in [-0.05, 0) is 63.8 Å². The quantitative estimate of drug-likeness (QED) is 0.123. The minimum atomic E-state index is -1.34. The zero-order chi connectivity index (χ0) is 39.2. The molecule has 3 aromatic heterocycles. The molecule has 1 radical (unpaired) electrons. The molecule has 289 valence electrons. The van der Waals surface area contributed by atoms with Gasteiger partial charge >= 0.3 is 0 Å². The van der Waals surface area contributed by atoms with Gasteiger partial charge in [-0.1, -0.05) is 132 Å². The maximum atomic E-state index is 6.06. The summed E-state index contributed by atoms with van der Waals surface area (Å²) in [5, 5.41) is 6.00. The zero-order valence-corrected chi connectivity index (χ0v) is 37.5. The fraction of sp³-hybridized carbons (Fsp3) is 0.216. The van der Waals surface area contributed by atoms with Gasteiger partial charge in [0.15, 0.2) is 0 Å².